The first kappa shape index (κ1) is 25.3. The molecule has 4 aromatic rings. The Bertz CT molecular complexity index is 1190. The van der Waals surface area contributed by atoms with Crippen molar-refractivity contribution < 1.29 is 5.11 Å². The zero-order valence-corrected chi connectivity index (χ0v) is 21.4. The first-order valence-electron chi connectivity index (χ1n) is 13.4. The highest BCUT2D eigenvalue weighted by atomic mass is 16.3. The van der Waals surface area contributed by atoms with E-state index < -0.39 is 5.60 Å². The zero-order chi connectivity index (χ0) is 25.5. The highest BCUT2D eigenvalue weighted by Crippen LogP contribution is 2.34. The minimum absolute atomic E-state index is 0.416. The van der Waals surface area contributed by atoms with Gasteiger partial charge >= 0.3 is 0 Å². The molecule has 192 valence electrons. The largest absolute Gasteiger partial charge is 0.373 e. The van der Waals surface area contributed by atoms with Gasteiger partial charge < -0.3 is 15.7 Å². The Kier molecular flexibility index (Phi) is 8.09. The molecule has 0 radical (unpaired) electrons. The van der Waals surface area contributed by atoms with Crippen molar-refractivity contribution in [2.24, 2.45) is 11.7 Å². The summed E-state index contributed by atoms with van der Waals surface area (Å²) in [5.41, 5.74) is 8.50. The van der Waals surface area contributed by atoms with E-state index in [9.17, 15) is 5.11 Å². The summed E-state index contributed by atoms with van der Waals surface area (Å²) in [6.07, 6.45) is 6.09. The maximum Gasteiger partial charge on any atom is 0.191 e. The van der Waals surface area contributed by atoms with Gasteiger partial charge in [-0.15, -0.1) is 0 Å². The first-order chi connectivity index (χ1) is 18.1. The first-order valence-corrected chi connectivity index (χ1v) is 13.4. The van der Waals surface area contributed by atoms with Crippen LogP contribution in [0.3, 0.4) is 0 Å². The van der Waals surface area contributed by atoms with Crippen molar-refractivity contribution in [2.75, 3.05) is 26.2 Å². The van der Waals surface area contributed by atoms with E-state index >= 15 is 0 Å². The lowest BCUT2D eigenvalue weighted by atomic mass is 9.86. The maximum absolute atomic E-state index is 11.9. The molecule has 1 saturated heterocycles. The van der Waals surface area contributed by atoms with Gasteiger partial charge in [-0.05, 0) is 73.5 Å². The topological polar surface area (TPSA) is 80.2 Å². The van der Waals surface area contributed by atoms with E-state index in [4.69, 9.17) is 10.8 Å². The van der Waals surface area contributed by atoms with Crippen molar-refractivity contribution in [3.63, 3.8) is 0 Å². The predicted molar refractivity (Wildman–Crippen MR) is 147 cm³/mol. The van der Waals surface area contributed by atoms with Gasteiger partial charge in [0.15, 0.2) is 11.4 Å². The second-order valence-electron chi connectivity index (χ2n) is 10.1. The number of nitrogens with two attached hydrogens (primary N) is 1. The molecule has 1 aromatic heterocycles. The molecule has 0 saturated carbocycles. The van der Waals surface area contributed by atoms with Crippen LogP contribution in [0.25, 0.3) is 0 Å². The fraction of sp³-hybridized carbons (Fsp3) is 0.355. The standard InChI is InChI=1S/C31H37N5O/c32-19-15-25-11-13-26(14-12-25)16-20-35-21-17-27(18-22-35)23-36-24-33-30(34-36)31(37,28-7-3-1-4-8-28)29-9-5-2-6-10-29/h1-14,24,27,37H,15-23,32H2. The molecule has 1 aliphatic rings. The molecule has 0 amide bonds. The van der Waals surface area contributed by atoms with Gasteiger partial charge in [-0.3, -0.25) is 4.68 Å². The third-order valence-electron chi connectivity index (χ3n) is 7.57. The summed E-state index contributed by atoms with van der Waals surface area (Å²) in [6.45, 7) is 4.83. The molecule has 0 bridgehead atoms. The van der Waals surface area contributed by atoms with Crippen LogP contribution in [-0.2, 0) is 25.0 Å². The van der Waals surface area contributed by atoms with Crippen LogP contribution in [0.1, 0.15) is 40.9 Å². The van der Waals surface area contributed by atoms with Crippen LogP contribution in [-0.4, -0.2) is 50.9 Å². The van der Waals surface area contributed by atoms with Crippen LogP contribution in [0.15, 0.2) is 91.3 Å². The highest BCUT2D eigenvalue weighted by Gasteiger charge is 2.37. The van der Waals surface area contributed by atoms with Crippen LogP contribution in [0.5, 0.6) is 0 Å². The van der Waals surface area contributed by atoms with Crippen LogP contribution in [0.4, 0.5) is 0 Å². The van der Waals surface area contributed by atoms with E-state index in [1.54, 1.807) is 6.33 Å². The molecule has 5 rings (SSSR count). The van der Waals surface area contributed by atoms with Crippen LogP contribution in [0.2, 0.25) is 0 Å². The number of hydrogen-bond acceptors (Lipinski definition) is 5. The van der Waals surface area contributed by atoms with Crippen LogP contribution in [0, 0.1) is 5.92 Å². The van der Waals surface area contributed by atoms with Gasteiger partial charge in [0.05, 0.1) is 0 Å². The molecule has 6 heteroatoms. The summed E-state index contributed by atoms with van der Waals surface area (Å²) in [5, 5.41) is 16.7. The Balaban J connectivity index is 1.18. The number of hydrogen-bond donors (Lipinski definition) is 2. The van der Waals surface area contributed by atoms with Gasteiger partial charge in [-0.2, -0.15) is 5.10 Å². The van der Waals surface area contributed by atoms with Crippen molar-refractivity contribution >= 4 is 0 Å². The molecule has 0 aliphatic carbocycles. The fourth-order valence-electron chi connectivity index (χ4n) is 5.32. The van der Waals surface area contributed by atoms with Crippen molar-refractivity contribution in [3.8, 4) is 0 Å². The fourth-order valence-corrected chi connectivity index (χ4v) is 5.32. The molecular formula is C31H37N5O. The molecule has 37 heavy (non-hydrogen) atoms. The van der Waals surface area contributed by atoms with Crippen LogP contribution < -0.4 is 5.73 Å². The smallest absolute Gasteiger partial charge is 0.191 e. The zero-order valence-electron chi connectivity index (χ0n) is 21.4. The molecule has 0 unspecified atom stereocenters. The predicted octanol–water partition coefficient (Wildman–Crippen LogP) is 4.02. The average molecular weight is 496 g/mol. The average Bonchev–Trinajstić information content (AvgIpc) is 3.43. The maximum atomic E-state index is 11.9. The summed E-state index contributed by atoms with van der Waals surface area (Å²) in [7, 11) is 0. The molecule has 3 aromatic carbocycles. The van der Waals surface area contributed by atoms with Crippen molar-refractivity contribution in [2.45, 2.75) is 37.8 Å². The lowest BCUT2D eigenvalue weighted by Gasteiger charge is -2.32. The molecule has 0 atom stereocenters. The monoisotopic (exact) mass is 495 g/mol. The van der Waals surface area contributed by atoms with E-state index in [0.717, 1.165) is 63.0 Å². The summed E-state index contributed by atoms with van der Waals surface area (Å²) in [4.78, 5) is 7.16. The molecule has 2 heterocycles. The Morgan fingerprint density at radius 2 is 1.38 bits per heavy atom. The van der Waals surface area contributed by atoms with Gasteiger partial charge in [-0.25, -0.2) is 4.98 Å². The Hall–Kier alpha value is -3.32. The SMILES string of the molecule is NCCc1ccc(CCN2CCC(Cn3cnc(C(O)(c4ccccc4)c4ccccc4)n3)CC2)cc1. The highest BCUT2D eigenvalue weighted by molar-refractivity contribution is 5.42. The third-order valence-corrected chi connectivity index (χ3v) is 7.57. The molecule has 1 aliphatic heterocycles. The lowest BCUT2D eigenvalue weighted by molar-refractivity contribution is 0.114. The Morgan fingerprint density at radius 3 is 1.95 bits per heavy atom. The van der Waals surface area contributed by atoms with Crippen LogP contribution >= 0.6 is 0 Å². The second-order valence-corrected chi connectivity index (χ2v) is 10.1. The Labute approximate surface area is 219 Å². The van der Waals surface area contributed by atoms with Crippen molar-refractivity contribution in [1.82, 2.24) is 19.7 Å². The third kappa shape index (κ3) is 5.99. The molecule has 1 fully saturated rings. The summed E-state index contributed by atoms with van der Waals surface area (Å²) < 4.78 is 1.91. The molecule has 6 nitrogen and oxygen atoms in total. The number of aromatic nitrogens is 3. The number of benzene rings is 3. The van der Waals surface area contributed by atoms with Crippen molar-refractivity contribution in [1.29, 1.82) is 0 Å². The van der Waals surface area contributed by atoms with E-state index in [-0.39, 0.29) is 0 Å². The number of nitrogens with zero attached hydrogens (tertiary/aromatic N) is 4. The second kappa shape index (κ2) is 11.8. The summed E-state index contributed by atoms with van der Waals surface area (Å²) in [5.74, 6) is 0.975. The summed E-state index contributed by atoms with van der Waals surface area (Å²) in [6, 6.07) is 28.3. The number of piperidine rings is 1. The lowest BCUT2D eigenvalue weighted by Crippen LogP contribution is -2.36. The molecular weight excluding hydrogens is 458 g/mol. The minimum Gasteiger partial charge on any atom is -0.373 e. The van der Waals surface area contributed by atoms with E-state index in [0.29, 0.717) is 18.3 Å². The normalized spacial score (nSPS) is 15.2. The van der Waals surface area contributed by atoms with Gasteiger partial charge in [-0.1, -0.05) is 84.9 Å². The quantitative estimate of drug-likeness (QED) is 0.347. The van der Waals surface area contributed by atoms with E-state index in [2.05, 4.69) is 34.1 Å². The Morgan fingerprint density at radius 1 is 0.811 bits per heavy atom. The van der Waals surface area contributed by atoms with Gasteiger partial charge in [0.1, 0.15) is 6.33 Å². The number of rotatable bonds is 10. The van der Waals surface area contributed by atoms with Gasteiger partial charge in [0, 0.05) is 13.1 Å². The van der Waals surface area contributed by atoms with E-state index in [1.165, 1.54) is 11.1 Å². The van der Waals surface area contributed by atoms with Gasteiger partial charge in [0.2, 0.25) is 0 Å². The molecule has 3 N–H and O–H groups in total. The van der Waals surface area contributed by atoms with E-state index in [1.807, 2.05) is 65.3 Å². The van der Waals surface area contributed by atoms with Crippen molar-refractivity contribution in [3.05, 3.63) is 119 Å². The number of aliphatic hydroxyl groups is 1. The summed E-state index contributed by atoms with van der Waals surface area (Å²) >= 11 is 0. The molecule has 0 spiro atoms. The van der Waals surface area contributed by atoms with Gasteiger partial charge in [0.25, 0.3) is 0 Å². The minimum atomic E-state index is -1.39. The number of likely N-dealkylation sites (tertiary alicyclic amines) is 1.